The van der Waals surface area contributed by atoms with Gasteiger partial charge in [0.1, 0.15) is 5.75 Å². The van der Waals surface area contributed by atoms with E-state index in [4.69, 9.17) is 4.74 Å². The molecule has 28 heavy (non-hydrogen) atoms. The summed E-state index contributed by atoms with van der Waals surface area (Å²) < 4.78 is 59.9. The zero-order chi connectivity index (χ0) is 20.2. The van der Waals surface area contributed by atoms with Crippen LogP contribution in [0.5, 0.6) is 5.75 Å². The van der Waals surface area contributed by atoms with Crippen LogP contribution in [0.3, 0.4) is 0 Å². The number of anilines is 2. The van der Waals surface area contributed by atoms with Gasteiger partial charge in [-0.3, -0.25) is 9.44 Å². The molecule has 0 aliphatic carbocycles. The third-order valence-corrected chi connectivity index (χ3v) is 6.60. The summed E-state index contributed by atoms with van der Waals surface area (Å²) in [5, 5.41) is 0. The summed E-state index contributed by atoms with van der Waals surface area (Å²) in [4.78, 5) is 0.102. The fraction of sp³-hybridized carbons (Fsp3) is 0.0526. The maximum absolute atomic E-state index is 12.6. The zero-order valence-electron chi connectivity index (χ0n) is 14.9. The first kappa shape index (κ1) is 19.7. The summed E-state index contributed by atoms with van der Waals surface area (Å²) in [6.07, 6.45) is 0. The molecule has 0 aliphatic heterocycles. The molecule has 3 aromatic rings. The number of methoxy groups -OCH3 is 1. The van der Waals surface area contributed by atoms with E-state index >= 15 is 0 Å². The molecule has 0 unspecified atom stereocenters. The van der Waals surface area contributed by atoms with Crippen molar-refractivity contribution < 1.29 is 21.6 Å². The van der Waals surface area contributed by atoms with Gasteiger partial charge < -0.3 is 4.74 Å². The van der Waals surface area contributed by atoms with E-state index in [2.05, 4.69) is 9.44 Å². The fourth-order valence-corrected chi connectivity index (χ4v) is 4.60. The topological polar surface area (TPSA) is 102 Å². The van der Waals surface area contributed by atoms with Crippen molar-refractivity contribution in [1.82, 2.24) is 0 Å². The highest BCUT2D eigenvalue weighted by molar-refractivity contribution is 7.93. The SMILES string of the molecule is COc1ccccc1NS(=O)(=O)c1ccc(NS(=O)(=O)c2ccccc2)cc1. The third kappa shape index (κ3) is 4.44. The van der Waals surface area contributed by atoms with E-state index in [-0.39, 0.29) is 15.5 Å². The van der Waals surface area contributed by atoms with Gasteiger partial charge in [-0.25, -0.2) is 16.8 Å². The summed E-state index contributed by atoms with van der Waals surface area (Å²) in [5.74, 6) is 0.387. The van der Waals surface area contributed by atoms with Crippen LogP contribution in [0.15, 0.2) is 88.7 Å². The Balaban J connectivity index is 1.80. The Morgan fingerprint density at radius 3 is 1.82 bits per heavy atom. The second-order valence-electron chi connectivity index (χ2n) is 5.75. The van der Waals surface area contributed by atoms with Gasteiger partial charge in [-0.05, 0) is 48.5 Å². The van der Waals surface area contributed by atoms with E-state index in [1.807, 2.05) is 0 Å². The number of hydrogen-bond acceptors (Lipinski definition) is 5. The Hall–Kier alpha value is -3.04. The summed E-state index contributed by atoms with van der Waals surface area (Å²) >= 11 is 0. The van der Waals surface area contributed by atoms with E-state index in [0.29, 0.717) is 11.4 Å². The first-order chi connectivity index (χ1) is 13.3. The molecule has 0 spiro atoms. The molecule has 146 valence electrons. The minimum Gasteiger partial charge on any atom is -0.495 e. The summed E-state index contributed by atoms with van der Waals surface area (Å²) in [6.45, 7) is 0. The lowest BCUT2D eigenvalue weighted by Crippen LogP contribution is -2.15. The van der Waals surface area contributed by atoms with Crippen molar-refractivity contribution in [3.8, 4) is 5.75 Å². The van der Waals surface area contributed by atoms with Crippen molar-refractivity contribution in [2.24, 2.45) is 0 Å². The molecule has 0 fully saturated rings. The van der Waals surface area contributed by atoms with Gasteiger partial charge in [0.25, 0.3) is 20.0 Å². The van der Waals surface area contributed by atoms with Gasteiger partial charge in [-0.2, -0.15) is 0 Å². The molecular weight excluding hydrogens is 400 g/mol. The minimum absolute atomic E-state index is 0.0129. The van der Waals surface area contributed by atoms with Gasteiger partial charge in [0.15, 0.2) is 0 Å². The molecule has 7 nitrogen and oxygen atoms in total. The lowest BCUT2D eigenvalue weighted by Gasteiger charge is -2.12. The molecule has 0 radical (unpaired) electrons. The zero-order valence-corrected chi connectivity index (χ0v) is 16.5. The highest BCUT2D eigenvalue weighted by Gasteiger charge is 2.18. The molecule has 9 heteroatoms. The number of hydrogen-bond donors (Lipinski definition) is 2. The van der Waals surface area contributed by atoms with Crippen LogP contribution in [0.25, 0.3) is 0 Å². The van der Waals surface area contributed by atoms with Crippen molar-refractivity contribution in [2.45, 2.75) is 9.79 Å². The summed E-state index contributed by atoms with van der Waals surface area (Å²) in [5.41, 5.74) is 0.555. The number of nitrogens with one attached hydrogen (secondary N) is 2. The number of ether oxygens (including phenoxy) is 1. The number of sulfonamides is 2. The highest BCUT2D eigenvalue weighted by Crippen LogP contribution is 2.26. The predicted molar refractivity (Wildman–Crippen MR) is 107 cm³/mol. The van der Waals surface area contributed by atoms with Crippen molar-refractivity contribution in [3.63, 3.8) is 0 Å². The van der Waals surface area contributed by atoms with Crippen molar-refractivity contribution in [3.05, 3.63) is 78.9 Å². The minimum atomic E-state index is -3.87. The fourth-order valence-electron chi connectivity index (χ4n) is 2.45. The summed E-state index contributed by atoms with van der Waals surface area (Å²) in [7, 11) is -6.17. The lowest BCUT2D eigenvalue weighted by molar-refractivity contribution is 0.417. The molecule has 0 aliphatic rings. The van der Waals surface area contributed by atoms with E-state index < -0.39 is 20.0 Å². The molecule has 0 heterocycles. The Labute approximate surface area is 164 Å². The Kier molecular flexibility index (Phi) is 5.57. The number of benzene rings is 3. The van der Waals surface area contributed by atoms with Crippen molar-refractivity contribution >= 4 is 31.4 Å². The van der Waals surface area contributed by atoms with Gasteiger partial charge in [0.2, 0.25) is 0 Å². The van der Waals surface area contributed by atoms with Crippen LogP contribution in [-0.2, 0) is 20.0 Å². The second kappa shape index (κ2) is 7.91. The van der Waals surface area contributed by atoms with Crippen LogP contribution in [0, 0.1) is 0 Å². The maximum Gasteiger partial charge on any atom is 0.262 e. The number of rotatable bonds is 7. The molecular formula is C19H18N2O5S2. The van der Waals surface area contributed by atoms with Gasteiger partial charge in [-0.15, -0.1) is 0 Å². The Morgan fingerprint density at radius 1 is 0.643 bits per heavy atom. The molecule has 0 bridgehead atoms. The molecule has 0 atom stereocenters. The summed E-state index contributed by atoms with van der Waals surface area (Å²) in [6, 6.07) is 19.9. The van der Waals surface area contributed by atoms with Crippen LogP contribution in [0.1, 0.15) is 0 Å². The van der Waals surface area contributed by atoms with E-state index in [9.17, 15) is 16.8 Å². The van der Waals surface area contributed by atoms with Gasteiger partial charge in [0.05, 0.1) is 22.6 Å². The van der Waals surface area contributed by atoms with Crippen LogP contribution >= 0.6 is 0 Å². The molecule has 0 amide bonds. The predicted octanol–water partition coefficient (Wildman–Crippen LogP) is 3.30. The average Bonchev–Trinajstić information content (AvgIpc) is 2.69. The van der Waals surface area contributed by atoms with Crippen LogP contribution in [0.2, 0.25) is 0 Å². The lowest BCUT2D eigenvalue weighted by atomic mass is 10.3. The van der Waals surface area contributed by atoms with Gasteiger partial charge in [0, 0.05) is 5.69 Å². The van der Waals surface area contributed by atoms with E-state index in [0.717, 1.165) is 0 Å². The first-order valence-electron chi connectivity index (χ1n) is 8.15. The third-order valence-electron chi connectivity index (χ3n) is 3.82. The van der Waals surface area contributed by atoms with E-state index in [1.54, 1.807) is 42.5 Å². The van der Waals surface area contributed by atoms with Crippen molar-refractivity contribution in [2.75, 3.05) is 16.6 Å². The average molecular weight is 418 g/mol. The smallest absolute Gasteiger partial charge is 0.262 e. The molecule has 0 saturated carbocycles. The van der Waals surface area contributed by atoms with Crippen LogP contribution in [0.4, 0.5) is 11.4 Å². The molecule has 0 saturated heterocycles. The Morgan fingerprint density at radius 2 is 1.18 bits per heavy atom. The molecule has 0 aromatic heterocycles. The molecule has 3 rings (SSSR count). The largest absolute Gasteiger partial charge is 0.495 e. The second-order valence-corrected chi connectivity index (χ2v) is 9.11. The van der Waals surface area contributed by atoms with Crippen LogP contribution < -0.4 is 14.2 Å². The maximum atomic E-state index is 12.6. The van der Waals surface area contributed by atoms with Gasteiger partial charge in [-0.1, -0.05) is 30.3 Å². The molecule has 2 N–H and O–H groups in total. The van der Waals surface area contributed by atoms with Gasteiger partial charge >= 0.3 is 0 Å². The Bertz CT molecular complexity index is 1160. The quantitative estimate of drug-likeness (QED) is 0.613. The highest BCUT2D eigenvalue weighted by atomic mass is 32.2. The normalized spacial score (nSPS) is 11.6. The first-order valence-corrected chi connectivity index (χ1v) is 11.1. The van der Waals surface area contributed by atoms with E-state index in [1.165, 1.54) is 43.5 Å². The van der Waals surface area contributed by atoms with Crippen molar-refractivity contribution in [1.29, 1.82) is 0 Å². The monoisotopic (exact) mass is 418 g/mol. The molecule has 3 aromatic carbocycles. The van der Waals surface area contributed by atoms with Crippen LogP contribution in [-0.4, -0.2) is 23.9 Å². The number of para-hydroxylation sites is 2. The standard InChI is InChI=1S/C19H18N2O5S2/c1-26-19-10-6-5-9-18(19)21-28(24,25)17-13-11-15(12-14-17)20-27(22,23)16-7-3-2-4-8-16/h2-14,20-21H,1H3.